The average molecular weight is 412 g/mol. The molecular weight excluding hydrogens is 378 g/mol. The van der Waals surface area contributed by atoms with Crippen molar-refractivity contribution in [1.29, 1.82) is 0 Å². The molecule has 162 valence electrons. The van der Waals surface area contributed by atoms with Crippen molar-refractivity contribution in [3.63, 3.8) is 0 Å². The first-order valence-electron chi connectivity index (χ1n) is 10.5. The van der Waals surface area contributed by atoms with Crippen molar-refractivity contribution >= 4 is 5.91 Å². The van der Waals surface area contributed by atoms with Gasteiger partial charge in [-0.15, -0.1) is 0 Å². The minimum absolute atomic E-state index is 0.00655. The average Bonchev–Trinajstić information content (AvgIpc) is 3.14. The lowest BCUT2D eigenvalue weighted by atomic mass is 9.93. The molecule has 0 radical (unpaired) electrons. The van der Waals surface area contributed by atoms with Gasteiger partial charge in [-0.05, 0) is 75.7 Å². The summed E-state index contributed by atoms with van der Waals surface area (Å²) in [4.78, 5) is 17.2. The molecule has 1 amide bonds. The molecule has 6 heteroatoms. The molecule has 3 rings (SSSR count). The molecular formula is C24H33N3O3. The highest BCUT2D eigenvalue weighted by atomic mass is 16.3. The van der Waals surface area contributed by atoms with Gasteiger partial charge in [-0.25, -0.2) is 0 Å². The number of phenolic OH excluding ortho intramolecular Hbond substituents is 2. The van der Waals surface area contributed by atoms with E-state index in [4.69, 9.17) is 0 Å². The first-order chi connectivity index (χ1) is 14.2. The van der Waals surface area contributed by atoms with Crippen LogP contribution in [0.25, 0.3) is 0 Å². The summed E-state index contributed by atoms with van der Waals surface area (Å²) in [6, 6.07) is 11.0. The van der Waals surface area contributed by atoms with Crippen LogP contribution in [-0.2, 0) is 19.5 Å². The highest BCUT2D eigenvalue weighted by Crippen LogP contribution is 2.34. The van der Waals surface area contributed by atoms with Crippen LogP contribution in [0.15, 0.2) is 36.4 Å². The first-order valence-corrected chi connectivity index (χ1v) is 10.5. The van der Waals surface area contributed by atoms with Crippen LogP contribution in [0.2, 0.25) is 0 Å². The van der Waals surface area contributed by atoms with Crippen molar-refractivity contribution in [2.75, 3.05) is 27.2 Å². The minimum Gasteiger partial charge on any atom is -0.504 e. The fourth-order valence-electron chi connectivity index (χ4n) is 3.88. The van der Waals surface area contributed by atoms with E-state index >= 15 is 0 Å². The number of phenols is 2. The van der Waals surface area contributed by atoms with Crippen LogP contribution < -0.4 is 5.32 Å². The number of rotatable bonds is 8. The number of carbonyl (C=O) groups excluding carboxylic acids is 1. The quantitative estimate of drug-likeness (QED) is 0.582. The third-order valence-electron chi connectivity index (χ3n) is 5.99. The van der Waals surface area contributed by atoms with Crippen LogP contribution in [0, 0.1) is 0 Å². The Morgan fingerprint density at radius 3 is 2.60 bits per heavy atom. The summed E-state index contributed by atoms with van der Waals surface area (Å²) in [7, 11) is 3.98. The van der Waals surface area contributed by atoms with E-state index in [-0.39, 0.29) is 22.9 Å². The molecule has 2 aromatic rings. The standard InChI is InChI=1S/C24H33N3O3/c1-24(2,11-10-17-8-9-21(28)22(29)14-17)27-15-18-6-5-7-19(20(18)16-27)23(30)25-12-13-26(3)4/h5-9,14,28-29H,10-13,15-16H2,1-4H3,(H,25,30). The van der Waals surface area contributed by atoms with E-state index in [2.05, 4.69) is 30.1 Å². The summed E-state index contributed by atoms with van der Waals surface area (Å²) in [6.45, 7) is 7.45. The van der Waals surface area contributed by atoms with Gasteiger partial charge in [-0.1, -0.05) is 18.2 Å². The monoisotopic (exact) mass is 411 g/mol. The van der Waals surface area contributed by atoms with E-state index in [1.165, 1.54) is 11.6 Å². The van der Waals surface area contributed by atoms with Gasteiger partial charge in [0.25, 0.3) is 5.91 Å². The van der Waals surface area contributed by atoms with E-state index in [0.717, 1.165) is 49.2 Å². The molecule has 0 aromatic heterocycles. The number of amides is 1. The van der Waals surface area contributed by atoms with Crippen LogP contribution in [0.4, 0.5) is 0 Å². The molecule has 1 aliphatic rings. The Balaban J connectivity index is 1.66. The molecule has 30 heavy (non-hydrogen) atoms. The van der Waals surface area contributed by atoms with Crippen LogP contribution in [0.5, 0.6) is 11.5 Å². The fraction of sp³-hybridized carbons (Fsp3) is 0.458. The normalized spacial score (nSPS) is 14.2. The summed E-state index contributed by atoms with van der Waals surface area (Å²) in [6.07, 6.45) is 1.70. The summed E-state index contributed by atoms with van der Waals surface area (Å²) in [5.41, 5.74) is 4.02. The van der Waals surface area contributed by atoms with Gasteiger partial charge in [0.2, 0.25) is 0 Å². The van der Waals surface area contributed by atoms with Crippen molar-refractivity contribution in [3.05, 3.63) is 58.7 Å². The topological polar surface area (TPSA) is 76.0 Å². The highest BCUT2D eigenvalue weighted by Gasteiger charge is 2.33. The fourth-order valence-corrected chi connectivity index (χ4v) is 3.88. The zero-order valence-electron chi connectivity index (χ0n) is 18.4. The van der Waals surface area contributed by atoms with Crippen molar-refractivity contribution in [2.24, 2.45) is 0 Å². The number of aromatic hydroxyl groups is 2. The van der Waals surface area contributed by atoms with Crippen LogP contribution in [0.1, 0.15) is 47.3 Å². The number of benzene rings is 2. The number of hydrogen-bond acceptors (Lipinski definition) is 5. The Morgan fingerprint density at radius 2 is 1.90 bits per heavy atom. The maximum Gasteiger partial charge on any atom is 0.251 e. The molecule has 0 bridgehead atoms. The second kappa shape index (κ2) is 9.06. The molecule has 6 nitrogen and oxygen atoms in total. The number of carbonyl (C=O) groups is 1. The zero-order chi connectivity index (χ0) is 21.9. The lowest BCUT2D eigenvalue weighted by molar-refractivity contribution is 0.0942. The minimum atomic E-state index is -0.0932. The number of aryl methyl sites for hydroxylation is 1. The number of hydrogen-bond donors (Lipinski definition) is 3. The Morgan fingerprint density at radius 1 is 1.13 bits per heavy atom. The number of likely N-dealkylation sites (N-methyl/N-ethyl adjacent to an activating group) is 1. The highest BCUT2D eigenvalue weighted by molar-refractivity contribution is 5.96. The maximum absolute atomic E-state index is 12.7. The molecule has 0 atom stereocenters. The Kier molecular flexibility index (Phi) is 6.68. The van der Waals surface area contributed by atoms with E-state index in [0.29, 0.717) is 6.54 Å². The number of fused-ring (bicyclic) bond motifs is 1. The maximum atomic E-state index is 12.7. The zero-order valence-corrected chi connectivity index (χ0v) is 18.4. The Hall–Kier alpha value is -2.57. The molecule has 0 aliphatic carbocycles. The molecule has 0 saturated heterocycles. The summed E-state index contributed by atoms with van der Waals surface area (Å²) in [5, 5.41) is 22.3. The van der Waals surface area contributed by atoms with Crippen molar-refractivity contribution in [2.45, 2.75) is 45.3 Å². The molecule has 1 aliphatic heterocycles. The van der Waals surface area contributed by atoms with Crippen LogP contribution in [0.3, 0.4) is 0 Å². The van der Waals surface area contributed by atoms with E-state index in [9.17, 15) is 15.0 Å². The van der Waals surface area contributed by atoms with Gasteiger partial charge in [-0.3, -0.25) is 9.69 Å². The van der Waals surface area contributed by atoms with Gasteiger partial charge in [0.1, 0.15) is 0 Å². The second-order valence-corrected chi connectivity index (χ2v) is 8.99. The predicted octanol–water partition coefficient (Wildman–Crippen LogP) is 3.12. The van der Waals surface area contributed by atoms with Crippen molar-refractivity contribution in [3.8, 4) is 11.5 Å². The van der Waals surface area contributed by atoms with E-state index in [1.54, 1.807) is 6.07 Å². The molecule has 1 heterocycles. The van der Waals surface area contributed by atoms with Gasteiger partial charge in [0.15, 0.2) is 11.5 Å². The molecule has 0 unspecified atom stereocenters. The molecule has 3 N–H and O–H groups in total. The van der Waals surface area contributed by atoms with Gasteiger partial charge >= 0.3 is 0 Å². The Bertz CT molecular complexity index is 909. The molecule has 0 saturated carbocycles. The molecule has 0 fully saturated rings. The van der Waals surface area contributed by atoms with Crippen LogP contribution >= 0.6 is 0 Å². The largest absolute Gasteiger partial charge is 0.504 e. The Labute approximate surface area is 179 Å². The summed E-state index contributed by atoms with van der Waals surface area (Å²) < 4.78 is 0. The molecule has 2 aromatic carbocycles. The number of nitrogens with one attached hydrogen (secondary N) is 1. The van der Waals surface area contributed by atoms with Gasteiger partial charge in [0.05, 0.1) is 0 Å². The molecule has 0 spiro atoms. The smallest absolute Gasteiger partial charge is 0.251 e. The SMILES string of the molecule is CN(C)CCNC(=O)c1cccc2c1CN(C(C)(C)CCc1ccc(O)c(O)c1)C2. The third kappa shape index (κ3) is 5.12. The predicted molar refractivity (Wildman–Crippen MR) is 119 cm³/mol. The first kappa shape index (κ1) is 22.1. The summed E-state index contributed by atoms with van der Waals surface area (Å²) in [5.74, 6) is -0.180. The van der Waals surface area contributed by atoms with Crippen molar-refractivity contribution < 1.29 is 15.0 Å². The van der Waals surface area contributed by atoms with E-state index in [1.807, 2.05) is 37.2 Å². The van der Waals surface area contributed by atoms with E-state index < -0.39 is 0 Å². The van der Waals surface area contributed by atoms with Gasteiger partial charge in [0, 0.05) is 37.3 Å². The van der Waals surface area contributed by atoms with Gasteiger partial charge < -0.3 is 20.4 Å². The second-order valence-electron chi connectivity index (χ2n) is 8.99. The lowest BCUT2D eigenvalue weighted by Crippen LogP contribution is -2.40. The lowest BCUT2D eigenvalue weighted by Gasteiger charge is -2.35. The van der Waals surface area contributed by atoms with Crippen LogP contribution in [-0.4, -0.2) is 58.6 Å². The number of nitrogens with zero attached hydrogens (tertiary/aromatic N) is 2. The summed E-state index contributed by atoms with van der Waals surface area (Å²) >= 11 is 0. The van der Waals surface area contributed by atoms with Gasteiger partial charge in [-0.2, -0.15) is 0 Å². The van der Waals surface area contributed by atoms with Crippen molar-refractivity contribution in [1.82, 2.24) is 15.1 Å². The third-order valence-corrected chi connectivity index (χ3v) is 5.99.